The molecule has 0 fully saturated rings. The van der Waals surface area contributed by atoms with Crippen molar-refractivity contribution in [2.45, 2.75) is 45.6 Å². The Morgan fingerprint density at radius 3 is 1.95 bits per heavy atom. The zero-order chi connectivity index (χ0) is 14.5. The van der Waals surface area contributed by atoms with E-state index in [1.54, 1.807) is 18.2 Å². The molecule has 4 nitrogen and oxygen atoms in total. The standard InChI is InChI=1S/C15H21NO3/c1-4-15(5-2,6-3)16-13(17)11-9-7-8-10-12(11)14(18)19/h7-10H,4-6H2,1-3H3,(H,16,17)(H,18,19). The SMILES string of the molecule is CCC(CC)(CC)NC(=O)c1ccccc1C(=O)O. The zero-order valence-electron chi connectivity index (χ0n) is 11.7. The normalized spacial score (nSPS) is 11.1. The Morgan fingerprint density at radius 1 is 1.05 bits per heavy atom. The first-order chi connectivity index (χ1) is 8.99. The first-order valence-electron chi connectivity index (χ1n) is 6.64. The van der Waals surface area contributed by atoms with Crippen molar-refractivity contribution < 1.29 is 14.7 Å². The number of rotatable bonds is 6. The summed E-state index contributed by atoms with van der Waals surface area (Å²) in [5.74, 6) is -1.40. The second-order valence-corrected chi connectivity index (χ2v) is 4.65. The Kier molecular flexibility index (Phi) is 5.10. The lowest BCUT2D eigenvalue weighted by atomic mass is 9.89. The lowest BCUT2D eigenvalue weighted by Crippen LogP contribution is -2.47. The summed E-state index contributed by atoms with van der Waals surface area (Å²) in [6.45, 7) is 6.07. The Labute approximate surface area is 113 Å². The highest BCUT2D eigenvalue weighted by Crippen LogP contribution is 2.20. The van der Waals surface area contributed by atoms with Crippen LogP contribution in [0.1, 0.15) is 60.7 Å². The summed E-state index contributed by atoms with van der Waals surface area (Å²) < 4.78 is 0. The molecule has 0 saturated heterocycles. The minimum absolute atomic E-state index is 0.0391. The van der Waals surface area contributed by atoms with Gasteiger partial charge in [0.15, 0.2) is 0 Å². The van der Waals surface area contributed by atoms with Gasteiger partial charge in [0, 0.05) is 5.54 Å². The Balaban J connectivity index is 3.05. The molecular weight excluding hydrogens is 242 g/mol. The molecule has 1 aromatic rings. The number of hydrogen-bond donors (Lipinski definition) is 2. The summed E-state index contributed by atoms with van der Waals surface area (Å²) in [6.07, 6.45) is 2.46. The molecule has 19 heavy (non-hydrogen) atoms. The van der Waals surface area contributed by atoms with Gasteiger partial charge in [-0.1, -0.05) is 32.9 Å². The number of carboxylic acids is 1. The lowest BCUT2D eigenvalue weighted by molar-refractivity contribution is 0.0688. The molecule has 0 atom stereocenters. The highest BCUT2D eigenvalue weighted by Gasteiger charge is 2.27. The summed E-state index contributed by atoms with van der Waals surface area (Å²) in [4.78, 5) is 23.4. The van der Waals surface area contributed by atoms with Gasteiger partial charge in [0.2, 0.25) is 0 Å². The molecule has 1 rings (SSSR count). The van der Waals surface area contributed by atoms with Gasteiger partial charge in [0.25, 0.3) is 5.91 Å². The van der Waals surface area contributed by atoms with Crippen LogP contribution in [-0.4, -0.2) is 22.5 Å². The van der Waals surface area contributed by atoms with E-state index in [2.05, 4.69) is 5.32 Å². The molecule has 1 amide bonds. The van der Waals surface area contributed by atoms with E-state index in [1.165, 1.54) is 6.07 Å². The van der Waals surface area contributed by atoms with Crippen LogP contribution in [0.25, 0.3) is 0 Å². The second kappa shape index (κ2) is 6.36. The predicted molar refractivity (Wildman–Crippen MR) is 74.5 cm³/mol. The van der Waals surface area contributed by atoms with Crippen LogP contribution in [-0.2, 0) is 0 Å². The van der Waals surface area contributed by atoms with Crippen LogP contribution in [0, 0.1) is 0 Å². The van der Waals surface area contributed by atoms with Crippen molar-refractivity contribution in [2.24, 2.45) is 0 Å². The van der Waals surface area contributed by atoms with Gasteiger partial charge in [0.1, 0.15) is 0 Å². The number of hydrogen-bond acceptors (Lipinski definition) is 2. The van der Waals surface area contributed by atoms with Crippen LogP contribution >= 0.6 is 0 Å². The highest BCUT2D eigenvalue weighted by atomic mass is 16.4. The number of amides is 1. The third kappa shape index (κ3) is 3.34. The quantitative estimate of drug-likeness (QED) is 0.828. The molecule has 0 aromatic heterocycles. The number of nitrogens with one attached hydrogen (secondary N) is 1. The highest BCUT2D eigenvalue weighted by molar-refractivity contribution is 6.05. The Bertz CT molecular complexity index is 456. The molecule has 0 unspecified atom stereocenters. The van der Waals surface area contributed by atoms with Gasteiger partial charge in [-0.25, -0.2) is 4.79 Å². The maximum atomic E-state index is 12.3. The number of aromatic carboxylic acids is 1. The van der Waals surface area contributed by atoms with Crippen molar-refractivity contribution in [3.63, 3.8) is 0 Å². The topological polar surface area (TPSA) is 66.4 Å². The molecule has 0 bridgehead atoms. The van der Waals surface area contributed by atoms with Gasteiger partial charge in [-0.05, 0) is 31.4 Å². The molecule has 0 radical (unpaired) electrons. The van der Waals surface area contributed by atoms with Gasteiger partial charge < -0.3 is 10.4 Å². The van der Waals surface area contributed by atoms with Crippen molar-refractivity contribution in [1.29, 1.82) is 0 Å². The summed E-state index contributed by atoms with van der Waals surface area (Å²) in [5, 5.41) is 12.1. The predicted octanol–water partition coefficient (Wildman–Crippen LogP) is 3.08. The average Bonchev–Trinajstić information content (AvgIpc) is 2.44. The fourth-order valence-corrected chi connectivity index (χ4v) is 2.19. The Hall–Kier alpha value is -1.84. The van der Waals surface area contributed by atoms with E-state index >= 15 is 0 Å². The minimum atomic E-state index is -1.08. The van der Waals surface area contributed by atoms with Crippen LogP contribution in [0.5, 0.6) is 0 Å². The van der Waals surface area contributed by atoms with Gasteiger partial charge in [-0.15, -0.1) is 0 Å². The van der Waals surface area contributed by atoms with E-state index < -0.39 is 5.97 Å². The third-order valence-corrected chi connectivity index (χ3v) is 3.81. The van der Waals surface area contributed by atoms with E-state index in [0.717, 1.165) is 19.3 Å². The summed E-state index contributed by atoms with van der Waals surface area (Å²) in [5.41, 5.74) is -0.00479. The van der Waals surface area contributed by atoms with Crippen molar-refractivity contribution in [2.75, 3.05) is 0 Å². The molecular formula is C15H21NO3. The van der Waals surface area contributed by atoms with Crippen molar-refractivity contribution >= 4 is 11.9 Å². The molecule has 0 aliphatic rings. The van der Waals surface area contributed by atoms with Crippen molar-refractivity contribution in [3.8, 4) is 0 Å². The zero-order valence-corrected chi connectivity index (χ0v) is 11.7. The molecule has 2 N–H and O–H groups in total. The molecule has 1 aromatic carbocycles. The molecule has 0 aliphatic carbocycles. The lowest BCUT2D eigenvalue weighted by Gasteiger charge is -2.32. The van der Waals surface area contributed by atoms with E-state index in [-0.39, 0.29) is 22.6 Å². The van der Waals surface area contributed by atoms with Crippen LogP contribution in [0.15, 0.2) is 24.3 Å². The number of carbonyl (C=O) groups is 2. The number of carbonyl (C=O) groups excluding carboxylic acids is 1. The molecule has 0 spiro atoms. The van der Waals surface area contributed by atoms with Gasteiger partial charge in [-0.2, -0.15) is 0 Å². The van der Waals surface area contributed by atoms with Crippen LogP contribution < -0.4 is 5.32 Å². The second-order valence-electron chi connectivity index (χ2n) is 4.65. The maximum Gasteiger partial charge on any atom is 0.336 e. The molecule has 0 saturated carbocycles. The average molecular weight is 263 g/mol. The van der Waals surface area contributed by atoms with E-state index in [4.69, 9.17) is 5.11 Å². The van der Waals surface area contributed by atoms with Gasteiger partial charge in [-0.3, -0.25) is 4.79 Å². The van der Waals surface area contributed by atoms with E-state index in [1.807, 2.05) is 20.8 Å². The molecule has 4 heteroatoms. The van der Waals surface area contributed by atoms with Crippen LogP contribution in [0.3, 0.4) is 0 Å². The number of carboxylic acid groups (broad SMARTS) is 1. The van der Waals surface area contributed by atoms with E-state index in [9.17, 15) is 9.59 Å². The maximum absolute atomic E-state index is 12.3. The number of benzene rings is 1. The van der Waals surface area contributed by atoms with Crippen molar-refractivity contribution in [3.05, 3.63) is 35.4 Å². The fraction of sp³-hybridized carbons (Fsp3) is 0.467. The smallest absolute Gasteiger partial charge is 0.336 e. The molecule has 0 aliphatic heterocycles. The van der Waals surface area contributed by atoms with Crippen LogP contribution in [0.4, 0.5) is 0 Å². The molecule has 104 valence electrons. The minimum Gasteiger partial charge on any atom is -0.478 e. The first kappa shape index (κ1) is 15.2. The van der Waals surface area contributed by atoms with E-state index in [0.29, 0.717) is 0 Å². The first-order valence-corrected chi connectivity index (χ1v) is 6.64. The summed E-state index contributed by atoms with van der Waals surface area (Å²) in [6, 6.07) is 6.28. The summed E-state index contributed by atoms with van der Waals surface area (Å²) >= 11 is 0. The third-order valence-electron chi connectivity index (χ3n) is 3.81. The fourth-order valence-electron chi connectivity index (χ4n) is 2.19. The largest absolute Gasteiger partial charge is 0.478 e. The monoisotopic (exact) mass is 263 g/mol. The summed E-state index contributed by atoms with van der Waals surface area (Å²) in [7, 11) is 0. The van der Waals surface area contributed by atoms with Gasteiger partial charge in [0.05, 0.1) is 11.1 Å². The van der Waals surface area contributed by atoms with Crippen LogP contribution in [0.2, 0.25) is 0 Å². The Morgan fingerprint density at radius 2 is 1.53 bits per heavy atom. The molecule has 0 heterocycles. The van der Waals surface area contributed by atoms with Crippen molar-refractivity contribution in [1.82, 2.24) is 5.32 Å². The van der Waals surface area contributed by atoms with Gasteiger partial charge >= 0.3 is 5.97 Å².